The van der Waals surface area contributed by atoms with Crippen LogP contribution in [0.25, 0.3) is 0 Å². The number of rotatable bonds is 6. The molecule has 0 fully saturated rings. The minimum absolute atomic E-state index is 0.0100. The molecule has 0 aliphatic rings. The fourth-order valence-electron chi connectivity index (χ4n) is 2.79. The smallest absolute Gasteiger partial charge is 0.279 e. The van der Waals surface area contributed by atoms with Crippen LogP contribution in [-0.2, 0) is 20.4 Å². The number of hydrogen-bond donors (Lipinski definition) is 2. The molecule has 6 nitrogen and oxygen atoms in total. The van der Waals surface area contributed by atoms with Crippen molar-refractivity contribution in [1.29, 1.82) is 0 Å². The third kappa shape index (κ3) is 7.55. The molecule has 174 valence electrons. The van der Waals surface area contributed by atoms with Crippen LogP contribution < -0.4 is 20.3 Å². The number of ether oxygens (including phenoxy) is 2. The van der Waals surface area contributed by atoms with Crippen molar-refractivity contribution in [3.63, 3.8) is 0 Å². The minimum Gasteiger partial charge on any atom is -0.483 e. The molecule has 2 N–H and O–H groups in total. The second-order valence-electron chi connectivity index (χ2n) is 9.76. The van der Waals surface area contributed by atoms with Crippen molar-refractivity contribution >= 4 is 27.7 Å². The van der Waals surface area contributed by atoms with Crippen molar-refractivity contribution in [2.75, 3.05) is 6.61 Å². The minimum atomic E-state index is -0.782. The van der Waals surface area contributed by atoms with Crippen molar-refractivity contribution in [3.8, 4) is 11.5 Å². The monoisotopic (exact) mass is 504 g/mol. The van der Waals surface area contributed by atoms with Crippen LogP contribution in [-0.4, -0.2) is 24.5 Å². The molecule has 32 heavy (non-hydrogen) atoms. The summed E-state index contributed by atoms with van der Waals surface area (Å²) in [5.74, 6) is 0.189. The standard InChI is InChI=1S/C25H33BrN2O4/c1-16(32-19-11-8-17(9-12-19)24(2,3)4)23(30)28-27-22(29)15-31-21-13-10-18(14-20(21)26)25(5,6)7/h8-14,16H,15H2,1-7H3,(H,27,29)(H,28,30). The fraction of sp³-hybridized carbons (Fsp3) is 0.440. The van der Waals surface area contributed by atoms with Gasteiger partial charge in [-0.2, -0.15) is 0 Å². The first-order chi connectivity index (χ1) is 14.8. The molecule has 2 aromatic rings. The molecule has 0 aliphatic heterocycles. The Balaban J connectivity index is 1.80. The first kappa shape index (κ1) is 25.7. The van der Waals surface area contributed by atoms with Gasteiger partial charge in [0.2, 0.25) is 0 Å². The highest BCUT2D eigenvalue weighted by Crippen LogP contribution is 2.31. The average molecular weight is 505 g/mol. The van der Waals surface area contributed by atoms with E-state index in [0.29, 0.717) is 11.5 Å². The quantitative estimate of drug-likeness (QED) is 0.540. The Labute approximate surface area is 199 Å². The van der Waals surface area contributed by atoms with E-state index in [9.17, 15) is 9.59 Å². The molecule has 0 saturated heterocycles. The highest BCUT2D eigenvalue weighted by atomic mass is 79.9. The molecule has 2 amide bonds. The van der Waals surface area contributed by atoms with Crippen molar-refractivity contribution in [1.82, 2.24) is 10.9 Å². The van der Waals surface area contributed by atoms with Crippen molar-refractivity contribution < 1.29 is 19.1 Å². The molecule has 0 saturated carbocycles. The Kier molecular flexibility index (Phi) is 8.35. The van der Waals surface area contributed by atoms with Crippen molar-refractivity contribution in [3.05, 3.63) is 58.1 Å². The lowest BCUT2D eigenvalue weighted by molar-refractivity contribution is -0.133. The predicted octanol–water partition coefficient (Wildman–Crippen LogP) is 5.04. The fourth-order valence-corrected chi connectivity index (χ4v) is 3.28. The summed E-state index contributed by atoms with van der Waals surface area (Å²) < 4.78 is 12.0. The van der Waals surface area contributed by atoms with Crippen LogP contribution in [0, 0.1) is 0 Å². The molecule has 2 rings (SSSR count). The van der Waals surface area contributed by atoms with Crippen LogP contribution in [0.15, 0.2) is 46.9 Å². The zero-order valence-electron chi connectivity index (χ0n) is 19.8. The Bertz CT molecular complexity index is 944. The number of carbonyl (C=O) groups excluding carboxylic acids is 2. The van der Waals surface area contributed by atoms with Gasteiger partial charge in [0.05, 0.1) is 4.47 Å². The maximum absolute atomic E-state index is 12.2. The van der Waals surface area contributed by atoms with E-state index in [1.54, 1.807) is 6.92 Å². The van der Waals surface area contributed by atoms with E-state index in [0.717, 1.165) is 10.0 Å². The molecule has 0 heterocycles. The van der Waals surface area contributed by atoms with Gasteiger partial charge in [-0.05, 0) is 69.1 Å². The van der Waals surface area contributed by atoms with E-state index < -0.39 is 17.9 Å². The number of amides is 2. The summed E-state index contributed by atoms with van der Waals surface area (Å²) in [6.45, 7) is 14.1. The predicted molar refractivity (Wildman–Crippen MR) is 130 cm³/mol. The SMILES string of the molecule is CC(Oc1ccc(C(C)(C)C)cc1)C(=O)NNC(=O)COc1ccc(C(C)(C)C)cc1Br. The third-order valence-electron chi connectivity index (χ3n) is 4.88. The number of hydrogen-bond acceptors (Lipinski definition) is 4. The molecule has 0 spiro atoms. The Hall–Kier alpha value is -2.54. The summed E-state index contributed by atoms with van der Waals surface area (Å²) in [5, 5.41) is 0. The summed E-state index contributed by atoms with van der Waals surface area (Å²) in [7, 11) is 0. The maximum Gasteiger partial charge on any atom is 0.279 e. The van der Waals surface area contributed by atoms with Gasteiger partial charge < -0.3 is 9.47 Å². The van der Waals surface area contributed by atoms with Crippen LogP contribution in [0.2, 0.25) is 0 Å². The van der Waals surface area contributed by atoms with E-state index in [1.165, 1.54) is 5.56 Å². The molecule has 2 aromatic carbocycles. The Morgan fingerprint density at radius 1 is 0.906 bits per heavy atom. The maximum atomic E-state index is 12.2. The van der Waals surface area contributed by atoms with Gasteiger partial charge in [0.1, 0.15) is 11.5 Å². The van der Waals surface area contributed by atoms with E-state index >= 15 is 0 Å². The van der Waals surface area contributed by atoms with Crippen molar-refractivity contribution in [2.45, 2.75) is 65.4 Å². The second kappa shape index (κ2) is 10.4. The van der Waals surface area contributed by atoms with E-state index in [4.69, 9.17) is 9.47 Å². The van der Waals surface area contributed by atoms with Gasteiger partial charge in [-0.3, -0.25) is 20.4 Å². The van der Waals surface area contributed by atoms with Gasteiger partial charge in [0, 0.05) is 0 Å². The molecule has 0 aliphatic carbocycles. The van der Waals surface area contributed by atoms with Crippen LogP contribution in [0.3, 0.4) is 0 Å². The molecular weight excluding hydrogens is 472 g/mol. The normalized spacial score (nSPS) is 12.6. The molecule has 0 radical (unpaired) electrons. The first-order valence-corrected chi connectivity index (χ1v) is 11.4. The number of nitrogens with one attached hydrogen (secondary N) is 2. The highest BCUT2D eigenvalue weighted by Gasteiger charge is 2.18. The molecular formula is C25H33BrN2O4. The molecule has 7 heteroatoms. The van der Waals surface area contributed by atoms with Gasteiger partial charge >= 0.3 is 0 Å². The van der Waals surface area contributed by atoms with E-state index in [2.05, 4.69) is 68.3 Å². The average Bonchev–Trinajstić information content (AvgIpc) is 2.70. The molecule has 1 atom stereocenters. The number of carbonyl (C=O) groups is 2. The van der Waals surface area contributed by atoms with Gasteiger partial charge in [0.25, 0.3) is 11.8 Å². The van der Waals surface area contributed by atoms with Gasteiger partial charge in [0.15, 0.2) is 12.7 Å². The summed E-state index contributed by atoms with van der Waals surface area (Å²) in [6.07, 6.45) is -0.782. The number of benzene rings is 2. The van der Waals surface area contributed by atoms with Crippen LogP contribution >= 0.6 is 15.9 Å². The van der Waals surface area contributed by atoms with Gasteiger partial charge in [-0.25, -0.2) is 0 Å². The summed E-state index contributed by atoms with van der Waals surface area (Å²) in [6, 6.07) is 13.4. The zero-order chi connectivity index (χ0) is 24.1. The van der Waals surface area contributed by atoms with Crippen molar-refractivity contribution in [2.24, 2.45) is 0 Å². The highest BCUT2D eigenvalue weighted by molar-refractivity contribution is 9.10. The summed E-state index contributed by atoms with van der Waals surface area (Å²) in [4.78, 5) is 24.3. The number of hydrazine groups is 1. The first-order valence-electron chi connectivity index (χ1n) is 10.6. The second-order valence-corrected chi connectivity index (χ2v) is 10.6. The Morgan fingerprint density at radius 2 is 1.47 bits per heavy atom. The van der Waals surface area contributed by atoms with Crippen LogP contribution in [0.4, 0.5) is 0 Å². The van der Waals surface area contributed by atoms with E-state index in [-0.39, 0.29) is 17.4 Å². The lowest BCUT2D eigenvalue weighted by Crippen LogP contribution is -2.48. The molecule has 0 aromatic heterocycles. The summed E-state index contributed by atoms with van der Waals surface area (Å²) in [5.41, 5.74) is 7.08. The molecule has 0 bridgehead atoms. The lowest BCUT2D eigenvalue weighted by atomic mass is 9.87. The van der Waals surface area contributed by atoms with Gasteiger partial charge in [-0.1, -0.05) is 59.7 Å². The lowest BCUT2D eigenvalue weighted by Gasteiger charge is -2.20. The third-order valence-corrected chi connectivity index (χ3v) is 5.50. The number of halogens is 1. The zero-order valence-corrected chi connectivity index (χ0v) is 21.4. The van der Waals surface area contributed by atoms with Crippen LogP contribution in [0.1, 0.15) is 59.6 Å². The molecule has 1 unspecified atom stereocenters. The largest absolute Gasteiger partial charge is 0.483 e. The Morgan fingerprint density at radius 3 is 2.00 bits per heavy atom. The summed E-state index contributed by atoms with van der Waals surface area (Å²) >= 11 is 3.47. The topological polar surface area (TPSA) is 76.7 Å². The van der Waals surface area contributed by atoms with Crippen LogP contribution in [0.5, 0.6) is 11.5 Å². The van der Waals surface area contributed by atoms with Gasteiger partial charge in [-0.15, -0.1) is 0 Å². The van der Waals surface area contributed by atoms with E-state index in [1.807, 2.05) is 42.5 Å².